The van der Waals surface area contributed by atoms with Gasteiger partial charge in [-0.05, 0) is 62.8 Å². The van der Waals surface area contributed by atoms with Crippen molar-refractivity contribution in [3.8, 4) is 0 Å². The number of hydrogen-bond acceptors (Lipinski definition) is 4. The summed E-state index contributed by atoms with van der Waals surface area (Å²) in [7, 11) is 0. The molecule has 1 saturated carbocycles. The fraction of sp³-hybridized carbons (Fsp3) is 0.640. The molecule has 7 heteroatoms. The van der Waals surface area contributed by atoms with E-state index in [0.29, 0.717) is 13.1 Å². The monoisotopic (exact) mass is 440 g/mol. The number of primary amides is 1. The van der Waals surface area contributed by atoms with Crippen LogP contribution in [0.2, 0.25) is 0 Å². The molecule has 1 aliphatic carbocycles. The Labute approximate surface area is 190 Å². The van der Waals surface area contributed by atoms with Crippen LogP contribution in [-0.2, 0) is 20.9 Å². The summed E-state index contributed by atoms with van der Waals surface area (Å²) in [5.41, 5.74) is 7.38. The van der Waals surface area contributed by atoms with Crippen molar-refractivity contribution in [2.45, 2.75) is 70.4 Å². The number of nitrogens with two attached hydrogens (primary N) is 1. The predicted octanol–water partition coefficient (Wildman–Crippen LogP) is 2.89. The minimum absolute atomic E-state index is 0.0620. The average molecular weight is 441 g/mol. The SMILES string of the molecule is NC(=O)C1CCCN(Cc2ccc(NC(=O)C3CCCN3C(=O)C3CCCCC3)cc2)C1. The van der Waals surface area contributed by atoms with Gasteiger partial charge in [0.15, 0.2) is 0 Å². The Morgan fingerprint density at radius 2 is 1.56 bits per heavy atom. The van der Waals surface area contributed by atoms with Gasteiger partial charge in [0.2, 0.25) is 17.7 Å². The maximum absolute atomic E-state index is 13.0. The second kappa shape index (κ2) is 10.5. The van der Waals surface area contributed by atoms with Gasteiger partial charge in [-0.3, -0.25) is 19.3 Å². The summed E-state index contributed by atoms with van der Waals surface area (Å²) < 4.78 is 0. The van der Waals surface area contributed by atoms with Gasteiger partial charge in [0, 0.05) is 31.2 Å². The van der Waals surface area contributed by atoms with Crippen molar-refractivity contribution in [1.29, 1.82) is 0 Å². The van der Waals surface area contributed by atoms with Crippen molar-refractivity contribution in [3.05, 3.63) is 29.8 Å². The molecular formula is C25H36N4O3. The highest BCUT2D eigenvalue weighted by molar-refractivity contribution is 5.97. The van der Waals surface area contributed by atoms with E-state index in [9.17, 15) is 14.4 Å². The van der Waals surface area contributed by atoms with Crippen LogP contribution in [-0.4, -0.2) is 53.2 Å². The Kier molecular flexibility index (Phi) is 7.45. The highest BCUT2D eigenvalue weighted by Gasteiger charge is 2.37. The van der Waals surface area contributed by atoms with Crippen LogP contribution in [0.25, 0.3) is 0 Å². The van der Waals surface area contributed by atoms with Crippen molar-refractivity contribution in [1.82, 2.24) is 9.80 Å². The maximum atomic E-state index is 13.0. The molecule has 2 aliphatic heterocycles. The van der Waals surface area contributed by atoms with E-state index in [0.717, 1.165) is 75.7 Å². The molecule has 1 aromatic rings. The van der Waals surface area contributed by atoms with Crippen LogP contribution in [0.15, 0.2) is 24.3 Å². The van der Waals surface area contributed by atoms with Crippen LogP contribution in [0.5, 0.6) is 0 Å². The van der Waals surface area contributed by atoms with Crippen LogP contribution in [0.3, 0.4) is 0 Å². The third-order valence-electron chi connectivity index (χ3n) is 7.33. The summed E-state index contributed by atoms with van der Waals surface area (Å²) in [6.45, 7) is 3.13. The molecule has 32 heavy (non-hydrogen) atoms. The lowest BCUT2D eigenvalue weighted by atomic mass is 9.88. The minimum atomic E-state index is -0.358. The molecular weight excluding hydrogens is 404 g/mol. The zero-order valence-electron chi connectivity index (χ0n) is 18.9. The molecule has 0 spiro atoms. The second-order valence-corrected chi connectivity index (χ2v) is 9.69. The first-order valence-corrected chi connectivity index (χ1v) is 12.2. The smallest absolute Gasteiger partial charge is 0.247 e. The summed E-state index contributed by atoms with van der Waals surface area (Å²) in [4.78, 5) is 41.5. The van der Waals surface area contributed by atoms with Gasteiger partial charge in [0.1, 0.15) is 6.04 Å². The fourth-order valence-electron chi connectivity index (χ4n) is 5.50. The van der Waals surface area contributed by atoms with E-state index in [1.165, 1.54) is 6.42 Å². The van der Waals surface area contributed by atoms with Crippen LogP contribution >= 0.6 is 0 Å². The Morgan fingerprint density at radius 1 is 0.875 bits per heavy atom. The summed E-state index contributed by atoms with van der Waals surface area (Å²) in [6.07, 6.45) is 8.85. The van der Waals surface area contributed by atoms with Crippen molar-refractivity contribution < 1.29 is 14.4 Å². The average Bonchev–Trinajstić information content (AvgIpc) is 3.31. The fourth-order valence-corrected chi connectivity index (χ4v) is 5.50. The number of carbonyl (C=O) groups excluding carboxylic acids is 3. The molecule has 3 aliphatic rings. The van der Waals surface area contributed by atoms with Gasteiger partial charge in [-0.25, -0.2) is 0 Å². The van der Waals surface area contributed by atoms with Crippen LogP contribution < -0.4 is 11.1 Å². The highest BCUT2D eigenvalue weighted by atomic mass is 16.2. The number of carbonyl (C=O) groups is 3. The van der Waals surface area contributed by atoms with E-state index in [1.54, 1.807) is 0 Å². The molecule has 2 heterocycles. The molecule has 3 fully saturated rings. The minimum Gasteiger partial charge on any atom is -0.369 e. The van der Waals surface area contributed by atoms with Crippen LogP contribution in [0.4, 0.5) is 5.69 Å². The topological polar surface area (TPSA) is 95.7 Å². The number of nitrogens with zero attached hydrogens (tertiary/aromatic N) is 2. The lowest BCUT2D eigenvalue weighted by Crippen LogP contribution is -2.46. The van der Waals surface area contributed by atoms with Crippen LogP contribution in [0.1, 0.15) is 63.4 Å². The van der Waals surface area contributed by atoms with Crippen LogP contribution in [0, 0.1) is 11.8 Å². The molecule has 1 aromatic carbocycles. The number of piperidine rings is 1. The lowest BCUT2D eigenvalue weighted by molar-refractivity contribution is -0.141. The van der Waals surface area contributed by atoms with Crippen molar-refractivity contribution in [3.63, 3.8) is 0 Å². The standard InChI is InChI=1S/C25H36N4O3/c26-23(30)20-8-4-14-28(17-20)16-18-10-12-21(13-11-18)27-24(31)22-9-5-15-29(22)25(32)19-6-2-1-3-7-19/h10-13,19-20,22H,1-9,14-17H2,(H2,26,30)(H,27,31). The zero-order valence-corrected chi connectivity index (χ0v) is 18.9. The molecule has 4 rings (SSSR count). The first-order valence-electron chi connectivity index (χ1n) is 12.2. The van der Waals surface area contributed by atoms with E-state index in [4.69, 9.17) is 5.73 Å². The molecule has 3 N–H and O–H groups in total. The number of benzene rings is 1. The molecule has 2 unspecified atom stereocenters. The first-order chi connectivity index (χ1) is 15.5. The second-order valence-electron chi connectivity index (χ2n) is 9.69. The van der Waals surface area contributed by atoms with E-state index >= 15 is 0 Å². The van der Waals surface area contributed by atoms with Gasteiger partial charge < -0.3 is 16.0 Å². The molecule has 2 saturated heterocycles. The lowest BCUT2D eigenvalue weighted by Gasteiger charge is -2.31. The van der Waals surface area contributed by atoms with Gasteiger partial charge in [-0.15, -0.1) is 0 Å². The number of amides is 3. The van der Waals surface area contributed by atoms with Gasteiger partial charge in [-0.2, -0.15) is 0 Å². The van der Waals surface area contributed by atoms with E-state index in [2.05, 4.69) is 10.2 Å². The summed E-state index contributed by atoms with van der Waals surface area (Å²) in [5, 5.41) is 3.02. The van der Waals surface area contributed by atoms with Gasteiger partial charge in [0.05, 0.1) is 5.92 Å². The third kappa shape index (κ3) is 5.49. The highest BCUT2D eigenvalue weighted by Crippen LogP contribution is 2.29. The first kappa shape index (κ1) is 22.8. The van der Waals surface area contributed by atoms with Crippen molar-refractivity contribution >= 4 is 23.4 Å². The summed E-state index contributed by atoms with van der Waals surface area (Å²) in [6, 6.07) is 7.52. The quantitative estimate of drug-likeness (QED) is 0.711. The molecule has 0 aromatic heterocycles. The zero-order chi connectivity index (χ0) is 22.5. The van der Waals surface area contributed by atoms with E-state index in [-0.39, 0.29) is 35.6 Å². The number of anilines is 1. The molecule has 0 bridgehead atoms. The van der Waals surface area contributed by atoms with Gasteiger partial charge >= 0.3 is 0 Å². The Hall–Kier alpha value is -2.41. The predicted molar refractivity (Wildman–Crippen MR) is 124 cm³/mol. The Morgan fingerprint density at radius 3 is 2.28 bits per heavy atom. The molecule has 7 nitrogen and oxygen atoms in total. The normalized spacial score (nSPS) is 24.9. The molecule has 3 amide bonds. The maximum Gasteiger partial charge on any atom is 0.247 e. The molecule has 2 atom stereocenters. The summed E-state index contributed by atoms with van der Waals surface area (Å²) in [5.74, 6) is -0.0858. The largest absolute Gasteiger partial charge is 0.369 e. The Balaban J connectivity index is 1.31. The van der Waals surface area contributed by atoms with E-state index < -0.39 is 0 Å². The van der Waals surface area contributed by atoms with Gasteiger partial charge in [0.25, 0.3) is 0 Å². The number of nitrogens with one attached hydrogen (secondary N) is 1. The number of hydrogen-bond donors (Lipinski definition) is 2. The van der Waals surface area contributed by atoms with Crippen molar-refractivity contribution in [2.75, 3.05) is 25.0 Å². The third-order valence-corrected chi connectivity index (χ3v) is 7.33. The molecule has 174 valence electrons. The number of likely N-dealkylation sites (tertiary alicyclic amines) is 2. The van der Waals surface area contributed by atoms with Crippen molar-refractivity contribution in [2.24, 2.45) is 17.6 Å². The van der Waals surface area contributed by atoms with Gasteiger partial charge in [-0.1, -0.05) is 31.4 Å². The Bertz CT molecular complexity index is 819. The van der Waals surface area contributed by atoms with E-state index in [1.807, 2.05) is 29.2 Å². The number of rotatable bonds is 6. The summed E-state index contributed by atoms with van der Waals surface area (Å²) >= 11 is 0. The molecule has 0 radical (unpaired) electrons.